The van der Waals surface area contributed by atoms with Crippen molar-refractivity contribution < 1.29 is 19.1 Å². The summed E-state index contributed by atoms with van der Waals surface area (Å²) in [4.78, 5) is 26.4. The van der Waals surface area contributed by atoms with Crippen molar-refractivity contribution in [2.45, 2.75) is 0 Å². The molecule has 0 aliphatic carbocycles. The number of imide groups is 1. The second-order valence-electron chi connectivity index (χ2n) is 5.07. The maximum absolute atomic E-state index is 12.8. The van der Waals surface area contributed by atoms with Crippen LogP contribution < -0.4 is 14.4 Å². The molecule has 1 aliphatic heterocycles. The van der Waals surface area contributed by atoms with Crippen molar-refractivity contribution >= 4 is 34.7 Å². The Balaban J connectivity index is 2.07. The Bertz CT molecular complexity index is 823. The fraction of sp³-hybridized carbons (Fsp3) is 0.111. The maximum Gasteiger partial charge on any atom is 0.277 e. The first-order valence-electron chi connectivity index (χ1n) is 7.14. The quantitative estimate of drug-likeness (QED) is 0.800. The van der Waals surface area contributed by atoms with Gasteiger partial charge in [-0.1, -0.05) is 41.9 Å². The number of rotatable bonds is 4. The van der Waals surface area contributed by atoms with E-state index < -0.39 is 11.8 Å². The standard InChI is InChI=1S/C18H14ClNO4/c1-23-13-8-12(9-14(10-13)24-2)20-17(21)15(16(19)18(20)22)11-6-4-3-5-7-11/h3-10H,1-2H3. The molecule has 0 saturated carbocycles. The van der Waals surface area contributed by atoms with E-state index in [1.807, 2.05) is 6.07 Å². The first-order valence-corrected chi connectivity index (χ1v) is 7.51. The van der Waals surface area contributed by atoms with Gasteiger partial charge in [-0.15, -0.1) is 0 Å². The molecule has 3 rings (SSSR count). The molecule has 5 nitrogen and oxygen atoms in total. The van der Waals surface area contributed by atoms with Crippen LogP contribution in [0.2, 0.25) is 0 Å². The first-order chi connectivity index (χ1) is 11.6. The summed E-state index contributed by atoms with van der Waals surface area (Å²) in [6.45, 7) is 0. The van der Waals surface area contributed by atoms with Crippen molar-refractivity contribution in [2.75, 3.05) is 19.1 Å². The molecule has 6 heteroatoms. The van der Waals surface area contributed by atoms with Gasteiger partial charge in [-0.3, -0.25) is 9.59 Å². The van der Waals surface area contributed by atoms with Gasteiger partial charge in [0.05, 0.1) is 25.5 Å². The molecule has 1 heterocycles. The molecule has 0 aromatic heterocycles. The summed E-state index contributed by atoms with van der Waals surface area (Å²) in [5.41, 5.74) is 1.12. The normalized spacial score (nSPS) is 14.4. The van der Waals surface area contributed by atoms with Gasteiger partial charge in [0.2, 0.25) is 0 Å². The van der Waals surface area contributed by atoms with E-state index in [2.05, 4.69) is 0 Å². The number of carbonyl (C=O) groups excluding carboxylic acids is 2. The Hall–Kier alpha value is -2.79. The molecule has 2 aromatic carbocycles. The molecule has 122 valence electrons. The van der Waals surface area contributed by atoms with Gasteiger partial charge in [-0.05, 0) is 5.56 Å². The highest BCUT2D eigenvalue weighted by Crippen LogP contribution is 2.37. The van der Waals surface area contributed by atoms with Crippen molar-refractivity contribution in [1.29, 1.82) is 0 Å². The second kappa shape index (κ2) is 6.37. The molecule has 0 radical (unpaired) electrons. The lowest BCUT2D eigenvalue weighted by atomic mass is 10.1. The smallest absolute Gasteiger partial charge is 0.277 e. The molecule has 2 amide bonds. The van der Waals surface area contributed by atoms with Crippen molar-refractivity contribution in [3.05, 3.63) is 59.1 Å². The monoisotopic (exact) mass is 343 g/mol. The zero-order valence-corrected chi connectivity index (χ0v) is 13.8. The Morgan fingerprint density at radius 3 is 2.00 bits per heavy atom. The molecule has 0 atom stereocenters. The number of carbonyl (C=O) groups is 2. The number of nitrogens with zero attached hydrogens (tertiary/aromatic N) is 1. The molecule has 2 aromatic rings. The number of ether oxygens (including phenoxy) is 2. The third-order valence-corrected chi connectivity index (χ3v) is 4.03. The molecule has 0 spiro atoms. The topological polar surface area (TPSA) is 55.8 Å². The van der Waals surface area contributed by atoms with Gasteiger partial charge in [-0.2, -0.15) is 0 Å². The van der Waals surface area contributed by atoms with E-state index in [1.165, 1.54) is 14.2 Å². The first kappa shape index (κ1) is 16.1. The predicted molar refractivity (Wildman–Crippen MR) is 91.3 cm³/mol. The highest BCUT2D eigenvalue weighted by atomic mass is 35.5. The van der Waals surface area contributed by atoms with Crippen LogP contribution in [0.3, 0.4) is 0 Å². The number of benzene rings is 2. The minimum atomic E-state index is -0.573. The summed E-state index contributed by atoms with van der Waals surface area (Å²) < 4.78 is 10.4. The van der Waals surface area contributed by atoms with Crippen LogP contribution >= 0.6 is 11.6 Å². The number of hydrogen-bond donors (Lipinski definition) is 0. The van der Waals surface area contributed by atoms with Crippen LogP contribution in [0.1, 0.15) is 5.56 Å². The molecule has 24 heavy (non-hydrogen) atoms. The molecule has 0 N–H and O–H groups in total. The zero-order valence-electron chi connectivity index (χ0n) is 13.1. The molecular formula is C18H14ClNO4. The van der Waals surface area contributed by atoms with Crippen LogP contribution in [0, 0.1) is 0 Å². The lowest BCUT2D eigenvalue weighted by Gasteiger charge is -2.17. The van der Waals surface area contributed by atoms with Crippen LogP contribution in [-0.4, -0.2) is 26.0 Å². The van der Waals surface area contributed by atoms with Crippen LogP contribution in [0.15, 0.2) is 53.6 Å². The van der Waals surface area contributed by atoms with E-state index in [0.717, 1.165) is 4.90 Å². The van der Waals surface area contributed by atoms with Gasteiger partial charge in [0.1, 0.15) is 16.5 Å². The zero-order chi connectivity index (χ0) is 17.3. The minimum Gasteiger partial charge on any atom is -0.497 e. The van der Waals surface area contributed by atoms with E-state index in [-0.39, 0.29) is 10.6 Å². The van der Waals surface area contributed by atoms with Gasteiger partial charge >= 0.3 is 0 Å². The average Bonchev–Trinajstić information content (AvgIpc) is 2.84. The Labute approximate surface area is 144 Å². The van der Waals surface area contributed by atoms with Gasteiger partial charge in [-0.25, -0.2) is 4.90 Å². The predicted octanol–water partition coefficient (Wildman–Crippen LogP) is 3.23. The van der Waals surface area contributed by atoms with E-state index in [1.54, 1.807) is 42.5 Å². The minimum absolute atomic E-state index is 0.104. The third-order valence-electron chi connectivity index (χ3n) is 3.68. The SMILES string of the molecule is COc1cc(OC)cc(N2C(=O)C(Cl)=C(c3ccccc3)C2=O)c1. The molecule has 0 bridgehead atoms. The summed E-state index contributed by atoms with van der Waals surface area (Å²) in [7, 11) is 2.99. The molecular weight excluding hydrogens is 330 g/mol. The second-order valence-corrected chi connectivity index (χ2v) is 5.45. The summed E-state index contributed by atoms with van der Waals surface area (Å²) in [6, 6.07) is 13.7. The summed E-state index contributed by atoms with van der Waals surface area (Å²) in [5.74, 6) is -0.120. The number of halogens is 1. The number of anilines is 1. The third kappa shape index (κ3) is 2.63. The Kier molecular flexibility index (Phi) is 4.27. The average molecular weight is 344 g/mol. The molecule has 0 unspecified atom stereocenters. The maximum atomic E-state index is 12.8. The largest absolute Gasteiger partial charge is 0.497 e. The van der Waals surface area contributed by atoms with Crippen LogP contribution in [0.25, 0.3) is 5.57 Å². The summed E-state index contributed by atoms with van der Waals surface area (Å²) in [5, 5.41) is -0.104. The molecule has 0 saturated heterocycles. The van der Waals surface area contributed by atoms with Crippen LogP contribution in [0.4, 0.5) is 5.69 Å². The lowest BCUT2D eigenvalue weighted by Crippen LogP contribution is -2.31. The molecule has 0 fully saturated rings. The van der Waals surface area contributed by atoms with Crippen molar-refractivity contribution in [3.8, 4) is 11.5 Å². The Morgan fingerprint density at radius 1 is 0.875 bits per heavy atom. The van der Waals surface area contributed by atoms with E-state index in [0.29, 0.717) is 22.7 Å². The fourth-order valence-electron chi connectivity index (χ4n) is 2.51. The van der Waals surface area contributed by atoms with Crippen molar-refractivity contribution in [3.63, 3.8) is 0 Å². The Morgan fingerprint density at radius 2 is 1.46 bits per heavy atom. The van der Waals surface area contributed by atoms with Crippen LogP contribution in [-0.2, 0) is 9.59 Å². The lowest BCUT2D eigenvalue weighted by molar-refractivity contribution is -0.119. The highest BCUT2D eigenvalue weighted by Gasteiger charge is 2.39. The van der Waals surface area contributed by atoms with Gasteiger partial charge in [0, 0.05) is 18.2 Å². The number of hydrogen-bond acceptors (Lipinski definition) is 4. The summed E-state index contributed by atoms with van der Waals surface area (Å²) in [6.07, 6.45) is 0. The van der Waals surface area contributed by atoms with E-state index in [9.17, 15) is 9.59 Å². The van der Waals surface area contributed by atoms with E-state index in [4.69, 9.17) is 21.1 Å². The van der Waals surface area contributed by atoms with Gasteiger partial charge < -0.3 is 9.47 Å². The summed E-state index contributed by atoms with van der Waals surface area (Å²) >= 11 is 6.16. The fourth-order valence-corrected chi connectivity index (χ4v) is 2.79. The highest BCUT2D eigenvalue weighted by molar-refractivity contribution is 6.60. The van der Waals surface area contributed by atoms with Gasteiger partial charge in [0.15, 0.2) is 0 Å². The number of methoxy groups -OCH3 is 2. The van der Waals surface area contributed by atoms with Crippen molar-refractivity contribution in [2.24, 2.45) is 0 Å². The van der Waals surface area contributed by atoms with Crippen LogP contribution in [0.5, 0.6) is 11.5 Å². The van der Waals surface area contributed by atoms with Gasteiger partial charge in [0.25, 0.3) is 11.8 Å². The van der Waals surface area contributed by atoms with Crippen molar-refractivity contribution in [1.82, 2.24) is 0 Å². The van der Waals surface area contributed by atoms with E-state index >= 15 is 0 Å². The molecule has 1 aliphatic rings. The number of amides is 2.